The molecule has 0 aliphatic heterocycles. The Labute approximate surface area is 115 Å². The number of ether oxygens (including phenoxy) is 1. The van der Waals surface area contributed by atoms with Crippen molar-refractivity contribution in [3.63, 3.8) is 0 Å². The molecule has 0 radical (unpaired) electrons. The predicted octanol–water partition coefficient (Wildman–Crippen LogP) is 4.28. The minimum absolute atomic E-state index is 0.0956. The molecule has 0 saturated heterocycles. The molecule has 2 aromatic rings. The van der Waals surface area contributed by atoms with Crippen LogP contribution >= 0.6 is 0 Å². The smallest absolute Gasteiger partial charge is 0.126 e. The molecule has 0 fully saturated rings. The highest BCUT2D eigenvalue weighted by molar-refractivity contribution is 5.91. The standard InChI is InChI=1S/C17H23NO/c1-12(2)8-10-16(18)14-9-11-17(19-3)15-7-5-4-6-13(14)15/h4-7,9,11-12,16H,8,10,18H2,1-3H3. The van der Waals surface area contributed by atoms with E-state index >= 15 is 0 Å². The largest absolute Gasteiger partial charge is 0.496 e. The molecular weight excluding hydrogens is 234 g/mol. The van der Waals surface area contributed by atoms with E-state index in [0.717, 1.165) is 24.0 Å². The fraction of sp³-hybridized carbons (Fsp3) is 0.412. The number of benzene rings is 2. The van der Waals surface area contributed by atoms with Gasteiger partial charge in [-0.15, -0.1) is 0 Å². The van der Waals surface area contributed by atoms with Gasteiger partial charge in [0.25, 0.3) is 0 Å². The summed E-state index contributed by atoms with van der Waals surface area (Å²) >= 11 is 0. The Morgan fingerprint density at radius 3 is 2.32 bits per heavy atom. The highest BCUT2D eigenvalue weighted by atomic mass is 16.5. The van der Waals surface area contributed by atoms with Gasteiger partial charge in [-0.3, -0.25) is 0 Å². The average Bonchev–Trinajstić information content (AvgIpc) is 2.43. The van der Waals surface area contributed by atoms with Crippen LogP contribution in [-0.4, -0.2) is 7.11 Å². The van der Waals surface area contributed by atoms with E-state index < -0.39 is 0 Å². The quantitative estimate of drug-likeness (QED) is 0.867. The first-order valence-electron chi connectivity index (χ1n) is 6.94. The Morgan fingerprint density at radius 2 is 1.68 bits per heavy atom. The molecule has 0 aromatic heterocycles. The summed E-state index contributed by atoms with van der Waals surface area (Å²) in [6.07, 6.45) is 2.18. The molecule has 2 heteroatoms. The lowest BCUT2D eigenvalue weighted by Crippen LogP contribution is -2.11. The van der Waals surface area contributed by atoms with Gasteiger partial charge in [-0.25, -0.2) is 0 Å². The number of methoxy groups -OCH3 is 1. The number of fused-ring (bicyclic) bond motifs is 1. The second-order valence-electron chi connectivity index (χ2n) is 5.48. The number of hydrogen-bond donors (Lipinski definition) is 1. The van der Waals surface area contributed by atoms with Crippen molar-refractivity contribution in [1.29, 1.82) is 0 Å². The average molecular weight is 257 g/mol. The summed E-state index contributed by atoms with van der Waals surface area (Å²) in [6.45, 7) is 4.47. The van der Waals surface area contributed by atoms with Crippen molar-refractivity contribution in [2.45, 2.75) is 32.7 Å². The molecule has 1 unspecified atom stereocenters. The highest BCUT2D eigenvalue weighted by Gasteiger charge is 2.12. The first-order chi connectivity index (χ1) is 9.13. The van der Waals surface area contributed by atoms with Gasteiger partial charge in [-0.05, 0) is 35.8 Å². The monoisotopic (exact) mass is 257 g/mol. The Bertz CT molecular complexity index is 548. The van der Waals surface area contributed by atoms with E-state index in [1.54, 1.807) is 7.11 Å². The summed E-state index contributed by atoms with van der Waals surface area (Å²) in [7, 11) is 1.71. The number of rotatable bonds is 5. The van der Waals surface area contributed by atoms with Crippen LogP contribution in [0.1, 0.15) is 38.3 Å². The van der Waals surface area contributed by atoms with Crippen LogP contribution in [0.5, 0.6) is 5.75 Å². The Balaban J connectivity index is 2.38. The molecule has 2 rings (SSSR count). The molecule has 1 atom stereocenters. The van der Waals surface area contributed by atoms with Gasteiger partial charge in [-0.1, -0.05) is 44.2 Å². The van der Waals surface area contributed by atoms with E-state index in [-0.39, 0.29) is 6.04 Å². The van der Waals surface area contributed by atoms with Gasteiger partial charge < -0.3 is 10.5 Å². The molecule has 0 aliphatic carbocycles. The summed E-state index contributed by atoms with van der Waals surface area (Å²) in [5.41, 5.74) is 7.58. The molecule has 0 amide bonds. The van der Waals surface area contributed by atoms with Crippen LogP contribution in [0.25, 0.3) is 10.8 Å². The van der Waals surface area contributed by atoms with Crippen molar-refractivity contribution in [2.75, 3.05) is 7.11 Å². The maximum absolute atomic E-state index is 6.36. The van der Waals surface area contributed by atoms with Crippen LogP contribution < -0.4 is 10.5 Å². The first-order valence-corrected chi connectivity index (χ1v) is 6.94. The lowest BCUT2D eigenvalue weighted by molar-refractivity contribution is 0.419. The van der Waals surface area contributed by atoms with Gasteiger partial charge in [0.1, 0.15) is 5.75 Å². The minimum atomic E-state index is 0.0956. The molecule has 0 aliphatic rings. The third kappa shape index (κ3) is 3.07. The fourth-order valence-electron chi connectivity index (χ4n) is 2.46. The van der Waals surface area contributed by atoms with E-state index in [9.17, 15) is 0 Å². The molecule has 19 heavy (non-hydrogen) atoms. The molecule has 0 spiro atoms. The van der Waals surface area contributed by atoms with Gasteiger partial charge in [0.05, 0.1) is 7.11 Å². The van der Waals surface area contributed by atoms with E-state index in [4.69, 9.17) is 10.5 Å². The molecule has 0 saturated carbocycles. The molecule has 2 nitrogen and oxygen atoms in total. The maximum Gasteiger partial charge on any atom is 0.126 e. The zero-order valence-electron chi connectivity index (χ0n) is 12.0. The summed E-state index contributed by atoms with van der Waals surface area (Å²) in [5.74, 6) is 1.60. The van der Waals surface area contributed by atoms with Crippen molar-refractivity contribution in [1.82, 2.24) is 0 Å². The van der Waals surface area contributed by atoms with Crippen molar-refractivity contribution in [3.05, 3.63) is 42.0 Å². The minimum Gasteiger partial charge on any atom is -0.496 e. The van der Waals surface area contributed by atoms with Crippen LogP contribution in [0, 0.1) is 5.92 Å². The Morgan fingerprint density at radius 1 is 1.00 bits per heavy atom. The van der Waals surface area contributed by atoms with E-state index in [1.807, 2.05) is 12.1 Å². The van der Waals surface area contributed by atoms with Gasteiger partial charge >= 0.3 is 0 Å². The Hall–Kier alpha value is -1.54. The topological polar surface area (TPSA) is 35.2 Å². The van der Waals surface area contributed by atoms with Crippen molar-refractivity contribution < 1.29 is 4.74 Å². The molecule has 0 heterocycles. The third-order valence-electron chi connectivity index (χ3n) is 3.59. The van der Waals surface area contributed by atoms with E-state index in [0.29, 0.717) is 5.92 Å². The lowest BCUT2D eigenvalue weighted by Gasteiger charge is -2.17. The van der Waals surface area contributed by atoms with Crippen molar-refractivity contribution >= 4 is 10.8 Å². The molecular formula is C17H23NO. The van der Waals surface area contributed by atoms with Crippen LogP contribution in [0.3, 0.4) is 0 Å². The van der Waals surface area contributed by atoms with Crippen LogP contribution in [-0.2, 0) is 0 Å². The zero-order valence-corrected chi connectivity index (χ0v) is 12.0. The summed E-state index contributed by atoms with van der Waals surface area (Å²) in [4.78, 5) is 0. The SMILES string of the molecule is COc1ccc(C(N)CCC(C)C)c2ccccc12. The Kier molecular flexibility index (Phi) is 4.43. The van der Waals surface area contributed by atoms with Gasteiger partial charge in [0.15, 0.2) is 0 Å². The summed E-state index contributed by atoms with van der Waals surface area (Å²) in [6, 6.07) is 12.5. The van der Waals surface area contributed by atoms with Crippen LogP contribution in [0.15, 0.2) is 36.4 Å². The second-order valence-corrected chi connectivity index (χ2v) is 5.48. The number of hydrogen-bond acceptors (Lipinski definition) is 2. The van der Waals surface area contributed by atoms with Crippen molar-refractivity contribution in [2.24, 2.45) is 11.7 Å². The number of nitrogens with two attached hydrogens (primary N) is 1. The normalized spacial score (nSPS) is 12.9. The third-order valence-corrected chi connectivity index (χ3v) is 3.59. The van der Waals surface area contributed by atoms with Gasteiger partial charge in [0.2, 0.25) is 0 Å². The molecule has 2 N–H and O–H groups in total. The molecule has 2 aromatic carbocycles. The predicted molar refractivity (Wildman–Crippen MR) is 81.5 cm³/mol. The highest BCUT2D eigenvalue weighted by Crippen LogP contribution is 2.32. The second kappa shape index (κ2) is 6.07. The molecule has 0 bridgehead atoms. The van der Waals surface area contributed by atoms with Crippen molar-refractivity contribution in [3.8, 4) is 5.75 Å². The van der Waals surface area contributed by atoms with Gasteiger partial charge in [-0.2, -0.15) is 0 Å². The summed E-state index contributed by atoms with van der Waals surface area (Å²) < 4.78 is 5.42. The van der Waals surface area contributed by atoms with E-state index in [2.05, 4.69) is 38.1 Å². The fourth-order valence-corrected chi connectivity index (χ4v) is 2.46. The van der Waals surface area contributed by atoms with Crippen LogP contribution in [0.4, 0.5) is 0 Å². The van der Waals surface area contributed by atoms with Gasteiger partial charge in [0, 0.05) is 11.4 Å². The van der Waals surface area contributed by atoms with Crippen LogP contribution in [0.2, 0.25) is 0 Å². The lowest BCUT2D eigenvalue weighted by atomic mass is 9.94. The summed E-state index contributed by atoms with van der Waals surface area (Å²) in [5, 5.41) is 2.35. The van der Waals surface area contributed by atoms with E-state index in [1.165, 1.54) is 10.9 Å². The zero-order chi connectivity index (χ0) is 13.8. The molecule has 102 valence electrons. The maximum atomic E-state index is 6.36. The first kappa shape index (κ1) is 13.9.